The highest BCUT2D eigenvalue weighted by Gasteiger charge is 2.30. The molecular weight excluding hydrogens is 1200 g/mol. The van der Waals surface area contributed by atoms with Gasteiger partial charge in [-0.05, 0) is 20.8 Å². The zero-order valence-corrected chi connectivity index (χ0v) is 53.0. The summed E-state index contributed by atoms with van der Waals surface area (Å²) in [4.78, 5) is 195. The molecule has 0 aliphatic rings. The monoisotopic (exact) mass is 1290 g/mol. The largest absolute Gasteiger partial charge is 0.469 e. The molecule has 0 aromatic rings. The summed E-state index contributed by atoms with van der Waals surface area (Å²) in [5.41, 5.74) is -0.763. The van der Waals surface area contributed by atoms with E-state index in [0.29, 0.717) is 0 Å². The van der Waals surface area contributed by atoms with Crippen LogP contribution in [0.3, 0.4) is 0 Å². The number of ketones is 1. The molecule has 0 aliphatic heterocycles. The number of ether oxygens (including phenoxy) is 18. The molecule has 0 N–H and O–H groups in total. The van der Waals surface area contributed by atoms with Crippen molar-refractivity contribution >= 4 is 113 Å². The minimum Gasteiger partial charge on any atom is -0.469 e. The minimum atomic E-state index is -1.01. The smallest absolute Gasteiger partial charge is 0.378 e. The lowest BCUT2D eigenvalue weighted by molar-refractivity contribution is -0.159. The van der Waals surface area contributed by atoms with E-state index >= 15 is 0 Å². The molecule has 0 saturated heterocycles. The quantitative estimate of drug-likeness (QED) is 0.0735. The maximum Gasteiger partial charge on any atom is 0.378 e. The fourth-order valence-electron chi connectivity index (χ4n) is 2.79. The van der Waals surface area contributed by atoms with Gasteiger partial charge >= 0.3 is 107 Å². The van der Waals surface area contributed by atoms with Crippen molar-refractivity contribution in [3.05, 3.63) is 0 Å². The summed E-state index contributed by atoms with van der Waals surface area (Å²) in [5, 5.41) is 0. The fraction of sp³-hybridized carbons (Fsp3) is 0.627. The molecule has 0 spiro atoms. The lowest BCUT2D eigenvalue weighted by Gasteiger charge is -2.20. The molecule has 0 aromatic carbocycles. The van der Waals surface area contributed by atoms with Crippen LogP contribution in [0.25, 0.3) is 0 Å². The van der Waals surface area contributed by atoms with Crippen molar-refractivity contribution in [2.75, 3.05) is 123 Å². The Kier molecular flexibility index (Phi) is 71.5. The van der Waals surface area contributed by atoms with Gasteiger partial charge < -0.3 is 85.3 Å². The van der Waals surface area contributed by atoms with Crippen LogP contribution in [0.15, 0.2) is 0 Å². The van der Waals surface area contributed by atoms with E-state index in [1.165, 1.54) is 112 Å². The second-order valence-electron chi connectivity index (χ2n) is 15.2. The van der Waals surface area contributed by atoms with E-state index in [1.54, 1.807) is 20.8 Å². The van der Waals surface area contributed by atoms with Crippen molar-refractivity contribution in [1.29, 1.82) is 0 Å². The number of carbonyl (C=O) groups is 19. The van der Waals surface area contributed by atoms with Crippen molar-refractivity contribution in [3.63, 3.8) is 0 Å². The molecule has 37 heteroatoms. The Balaban J connectivity index is -0.000000114. The second-order valence-corrected chi connectivity index (χ2v) is 15.2. The van der Waals surface area contributed by atoms with E-state index in [9.17, 15) is 91.1 Å². The van der Waals surface area contributed by atoms with Crippen LogP contribution in [0.4, 0.5) is 0 Å². The zero-order valence-electron chi connectivity index (χ0n) is 53.0. The first kappa shape index (κ1) is 97.3. The maximum atomic E-state index is 11.0. The second kappa shape index (κ2) is 64.7. The summed E-state index contributed by atoms with van der Waals surface area (Å²) in [6.45, 7) is 13.8. The molecule has 508 valence electrons. The number of hydrogen-bond acceptors (Lipinski definition) is 37. The highest BCUT2D eigenvalue weighted by molar-refractivity contribution is 6.34. The third-order valence-electron chi connectivity index (χ3n) is 7.06. The topological polar surface area (TPSA) is 490 Å². The molecule has 0 saturated carbocycles. The van der Waals surface area contributed by atoms with Crippen LogP contribution in [0, 0.1) is 11.3 Å². The number of methoxy groups -OCH3 is 9. The molecule has 1 unspecified atom stereocenters. The van der Waals surface area contributed by atoms with Gasteiger partial charge in [-0.2, -0.15) is 0 Å². The minimum absolute atomic E-state index is 0.0506. The Hall–Kier alpha value is -9.87. The van der Waals surface area contributed by atoms with Crippen molar-refractivity contribution in [2.24, 2.45) is 11.3 Å². The fourth-order valence-corrected chi connectivity index (χ4v) is 2.79. The van der Waals surface area contributed by atoms with Crippen molar-refractivity contribution in [2.45, 2.75) is 83.1 Å². The molecular formula is C51H82O37. The Labute approximate surface area is 506 Å². The normalized spacial score (nSPS) is 9.06. The summed E-state index contributed by atoms with van der Waals surface area (Å²) in [7, 11) is 11.0. The first-order chi connectivity index (χ1) is 40.5. The van der Waals surface area contributed by atoms with E-state index in [-0.39, 0.29) is 76.7 Å². The highest BCUT2D eigenvalue weighted by Crippen LogP contribution is 2.17. The molecule has 0 rings (SSSR count). The number of esters is 18. The van der Waals surface area contributed by atoms with Gasteiger partial charge in [0, 0.05) is 62.3 Å². The standard InChI is InChI=1S/C8H14O4.C7H12O4.C6H8O5.6C5H8O4/c1-6(9)12-5-8(2,3)7(10)11-4;1-5(7(9)10-3)4-11-6(2)8;1-4(7)11-3-5(8)6(9)10-2;6*1-4(6)9-3-5(7)8-2/h5H2,1-4H3;5H,4H2,1-3H3;3H2,1-2H3;6*3H2,1-2H3. The third-order valence-corrected chi connectivity index (χ3v) is 7.06. The number of carbonyl (C=O) groups excluding carboxylic acids is 19. The van der Waals surface area contributed by atoms with Crippen LogP contribution in [-0.2, 0) is 176 Å². The first-order valence-corrected chi connectivity index (χ1v) is 23.9. The summed E-state index contributed by atoms with van der Waals surface area (Å²) < 4.78 is 77.3. The van der Waals surface area contributed by atoms with Gasteiger partial charge in [0.15, 0.2) is 46.2 Å². The van der Waals surface area contributed by atoms with Gasteiger partial charge in [0.1, 0.15) is 13.2 Å². The Morgan fingerprint density at radius 3 is 0.670 bits per heavy atom. The molecule has 0 amide bonds. The molecule has 0 heterocycles. The van der Waals surface area contributed by atoms with Crippen LogP contribution >= 0.6 is 0 Å². The predicted octanol–water partition coefficient (Wildman–Crippen LogP) is -1.27. The third kappa shape index (κ3) is 92.6. The van der Waals surface area contributed by atoms with Crippen LogP contribution < -0.4 is 0 Å². The van der Waals surface area contributed by atoms with Crippen LogP contribution in [0.5, 0.6) is 0 Å². The first-order valence-electron chi connectivity index (χ1n) is 23.9. The molecule has 0 fully saturated rings. The van der Waals surface area contributed by atoms with E-state index in [4.69, 9.17) is 0 Å². The molecule has 0 bridgehead atoms. The summed E-state index contributed by atoms with van der Waals surface area (Å²) in [5.74, 6) is -10.6. The van der Waals surface area contributed by atoms with Crippen LogP contribution in [0.2, 0.25) is 0 Å². The molecule has 0 aliphatic carbocycles. The van der Waals surface area contributed by atoms with E-state index in [1.807, 2.05) is 0 Å². The Morgan fingerprint density at radius 2 is 0.500 bits per heavy atom. The predicted molar refractivity (Wildman–Crippen MR) is 286 cm³/mol. The Morgan fingerprint density at radius 1 is 0.284 bits per heavy atom. The van der Waals surface area contributed by atoms with Gasteiger partial charge in [0.2, 0.25) is 0 Å². The van der Waals surface area contributed by atoms with E-state index in [2.05, 4.69) is 85.3 Å². The van der Waals surface area contributed by atoms with Gasteiger partial charge in [-0.25, -0.2) is 33.6 Å². The lowest BCUT2D eigenvalue weighted by atomic mass is 9.95. The van der Waals surface area contributed by atoms with Crippen molar-refractivity contribution in [1.82, 2.24) is 0 Å². The number of hydrogen-bond donors (Lipinski definition) is 0. The van der Waals surface area contributed by atoms with Crippen LogP contribution in [-0.4, -0.2) is 237 Å². The maximum absolute atomic E-state index is 11.0. The van der Waals surface area contributed by atoms with Gasteiger partial charge in [0.05, 0.1) is 75.3 Å². The van der Waals surface area contributed by atoms with Crippen molar-refractivity contribution < 1.29 is 176 Å². The summed E-state index contributed by atoms with van der Waals surface area (Å²) in [6, 6.07) is 0. The molecule has 88 heavy (non-hydrogen) atoms. The van der Waals surface area contributed by atoms with Crippen LogP contribution in [0.1, 0.15) is 83.1 Å². The number of Topliss-reactive ketones (excluding diaryl/α,β-unsaturated/α-hetero) is 1. The van der Waals surface area contributed by atoms with Gasteiger partial charge in [-0.1, -0.05) is 0 Å². The Bertz CT molecular complexity index is 1940. The summed E-state index contributed by atoms with van der Waals surface area (Å²) >= 11 is 0. The molecule has 0 aromatic heterocycles. The highest BCUT2D eigenvalue weighted by atomic mass is 16.6. The lowest BCUT2D eigenvalue weighted by Crippen LogP contribution is -2.31. The SMILES string of the molecule is COC(=O)C(=O)COC(C)=O.COC(=O)C(C)(C)COC(C)=O.COC(=O)C(C)COC(C)=O.COC(=O)COC(C)=O.COC(=O)COC(C)=O.COC(=O)COC(C)=O.COC(=O)COC(C)=O.COC(=O)COC(C)=O.COC(=O)COC(C)=O. The molecule has 37 nitrogen and oxygen atoms in total. The van der Waals surface area contributed by atoms with Gasteiger partial charge in [-0.3, -0.25) is 57.5 Å². The zero-order chi connectivity index (χ0) is 71.1. The van der Waals surface area contributed by atoms with Gasteiger partial charge in [0.25, 0.3) is 5.78 Å². The van der Waals surface area contributed by atoms with Gasteiger partial charge in [-0.15, -0.1) is 0 Å². The average Bonchev–Trinajstić information content (AvgIpc) is 3.58. The average molecular weight is 1290 g/mol. The van der Waals surface area contributed by atoms with Crippen molar-refractivity contribution in [3.8, 4) is 0 Å². The summed E-state index contributed by atoms with van der Waals surface area (Å²) in [6.07, 6.45) is 0. The van der Waals surface area contributed by atoms with E-state index in [0.717, 1.165) is 14.0 Å². The van der Waals surface area contributed by atoms with E-state index < -0.39 is 107 Å². The molecule has 1 atom stereocenters. The molecule has 0 radical (unpaired) electrons. The number of rotatable bonds is 21.